The van der Waals surface area contributed by atoms with Gasteiger partial charge in [-0.2, -0.15) is 0 Å². The summed E-state index contributed by atoms with van der Waals surface area (Å²) in [6, 6.07) is 13.6. The fourth-order valence-corrected chi connectivity index (χ4v) is 3.96. The molecule has 10 heteroatoms. The van der Waals surface area contributed by atoms with E-state index in [4.69, 9.17) is 16.3 Å². The quantitative estimate of drug-likeness (QED) is 0.534. The van der Waals surface area contributed by atoms with E-state index in [2.05, 4.69) is 15.0 Å². The van der Waals surface area contributed by atoms with Crippen LogP contribution in [0.1, 0.15) is 21.6 Å². The minimum atomic E-state index is -3.90. The highest BCUT2D eigenvalue weighted by atomic mass is 35.5. The SMILES string of the molecule is COc1ccccc1CNC(=O)c1ccc(CNS(=O)(=O)c2ccc(F)c(Cl)c2)nc1. The number of sulfonamides is 1. The topological polar surface area (TPSA) is 97.4 Å². The fraction of sp³-hybridized carbons (Fsp3) is 0.143. The largest absolute Gasteiger partial charge is 0.496 e. The summed E-state index contributed by atoms with van der Waals surface area (Å²) in [6.45, 7) is 0.172. The number of nitrogens with zero attached hydrogens (tertiary/aromatic N) is 1. The smallest absolute Gasteiger partial charge is 0.253 e. The number of hydrogen-bond acceptors (Lipinski definition) is 5. The maximum absolute atomic E-state index is 13.2. The van der Waals surface area contributed by atoms with Gasteiger partial charge in [-0.05, 0) is 36.4 Å². The highest BCUT2D eigenvalue weighted by Crippen LogP contribution is 2.19. The molecule has 1 amide bonds. The van der Waals surface area contributed by atoms with Crippen LogP contribution in [0.2, 0.25) is 5.02 Å². The number of benzene rings is 2. The number of hydrogen-bond donors (Lipinski definition) is 2. The van der Waals surface area contributed by atoms with Crippen LogP contribution in [0.25, 0.3) is 0 Å². The van der Waals surface area contributed by atoms with Crippen molar-refractivity contribution in [1.29, 1.82) is 0 Å². The summed E-state index contributed by atoms with van der Waals surface area (Å²) in [5.41, 5.74) is 1.56. The zero-order chi connectivity index (χ0) is 22.4. The van der Waals surface area contributed by atoms with E-state index in [9.17, 15) is 17.6 Å². The van der Waals surface area contributed by atoms with Crippen molar-refractivity contribution >= 4 is 27.5 Å². The molecule has 2 N–H and O–H groups in total. The van der Waals surface area contributed by atoms with Gasteiger partial charge in [0.25, 0.3) is 5.91 Å². The Balaban J connectivity index is 1.59. The number of methoxy groups -OCH3 is 1. The van der Waals surface area contributed by atoms with E-state index in [-0.39, 0.29) is 28.9 Å². The van der Waals surface area contributed by atoms with Gasteiger partial charge in [0.1, 0.15) is 11.6 Å². The second kappa shape index (κ2) is 9.86. The van der Waals surface area contributed by atoms with E-state index in [0.717, 1.165) is 23.8 Å². The third-order valence-corrected chi connectivity index (χ3v) is 6.05. The van der Waals surface area contributed by atoms with Crippen LogP contribution in [0.3, 0.4) is 0 Å². The minimum absolute atomic E-state index is 0.111. The lowest BCUT2D eigenvalue weighted by atomic mass is 10.2. The summed E-state index contributed by atoms with van der Waals surface area (Å²) < 4.78 is 45.5. The van der Waals surface area contributed by atoms with Crippen molar-refractivity contribution in [2.75, 3.05) is 7.11 Å². The van der Waals surface area contributed by atoms with Gasteiger partial charge in [-0.15, -0.1) is 0 Å². The van der Waals surface area contributed by atoms with Crippen molar-refractivity contribution in [2.24, 2.45) is 0 Å². The Morgan fingerprint density at radius 3 is 2.58 bits per heavy atom. The number of rotatable bonds is 8. The monoisotopic (exact) mass is 463 g/mol. The normalized spacial score (nSPS) is 11.2. The number of ether oxygens (including phenoxy) is 1. The van der Waals surface area contributed by atoms with Crippen LogP contribution in [0.4, 0.5) is 4.39 Å². The maximum Gasteiger partial charge on any atom is 0.253 e. The number of para-hydroxylation sites is 1. The van der Waals surface area contributed by atoms with Crippen LogP contribution in [0.15, 0.2) is 65.7 Å². The van der Waals surface area contributed by atoms with Crippen molar-refractivity contribution in [2.45, 2.75) is 18.0 Å². The summed E-state index contributed by atoms with van der Waals surface area (Å²) in [5.74, 6) is -0.362. The third-order valence-electron chi connectivity index (χ3n) is 4.36. The molecule has 0 unspecified atom stereocenters. The average Bonchev–Trinajstić information content (AvgIpc) is 2.78. The average molecular weight is 464 g/mol. The van der Waals surface area contributed by atoms with E-state index in [1.807, 2.05) is 18.2 Å². The number of halogens is 2. The van der Waals surface area contributed by atoms with Gasteiger partial charge in [0.2, 0.25) is 10.0 Å². The molecule has 2 aromatic carbocycles. The summed E-state index contributed by atoms with van der Waals surface area (Å²) >= 11 is 5.64. The Morgan fingerprint density at radius 1 is 1.13 bits per heavy atom. The van der Waals surface area contributed by atoms with Gasteiger partial charge in [-0.3, -0.25) is 9.78 Å². The van der Waals surface area contributed by atoms with Crippen molar-refractivity contribution in [3.05, 3.63) is 88.5 Å². The fourth-order valence-electron chi connectivity index (χ4n) is 2.69. The highest BCUT2D eigenvalue weighted by Gasteiger charge is 2.16. The van der Waals surface area contributed by atoms with Crippen molar-refractivity contribution in [3.63, 3.8) is 0 Å². The molecular weight excluding hydrogens is 445 g/mol. The molecule has 1 heterocycles. The van der Waals surface area contributed by atoms with Crippen molar-refractivity contribution in [1.82, 2.24) is 15.0 Å². The first-order valence-corrected chi connectivity index (χ1v) is 11.0. The first kappa shape index (κ1) is 22.7. The number of aromatic nitrogens is 1. The number of amides is 1. The predicted molar refractivity (Wildman–Crippen MR) is 114 cm³/mol. The summed E-state index contributed by atoms with van der Waals surface area (Å²) in [5, 5.41) is 2.50. The molecule has 0 aliphatic heterocycles. The molecule has 0 aliphatic carbocycles. The molecule has 0 saturated heterocycles. The summed E-state index contributed by atoms with van der Waals surface area (Å²) in [6.07, 6.45) is 1.36. The number of carbonyl (C=O) groups is 1. The van der Waals surface area contributed by atoms with Crippen LogP contribution in [-0.4, -0.2) is 26.4 Å². The molecule has 0 radical (unpaired) electrons. The summed E-state index contributed by atoms with van der Waals surface area (Å²) in [4.78, 5) is 16.3. The Kier molecular flexibility index (Phi) is 7.21. The van der Waals surface area contributed by atoms with Crippen molar-refractivity contribution < 1.29 is 22.3 Å². The van der Waals surface area contributed by atoms with Gasteiger partial charge in [-0.1, -0.05) is 29.8 Å². The molecule has 0 saturated carbocycles. The zero-order valence-corrected chi connectivity index (χ0v) is 18.0. The van der Waals surface area contributed by atoms with Crippen LogP contribution in [-0.2, 0) is 23.1 Å². The molecule has 7 nitrogen and oxygen atoms in total. The Hall–Kier alpha value is -3.01. The summed E-state index contributed by atoms with van der Waals surface area (Å²) in [7, 11) is -2.34. The molecular formula is C21H19ClFN3O4S. The maximum atomic E-state index is 13.2. The van der Waals surface area contributed by atoms with Crippen LogP contribution in [0.5, 0.6) is 5.75 Å². The molecule has 3 aromatic rings. The molecule has 0 bridgehead atoms. The van der Waals surface area contributed by atoms with Crippen molar-refractivity contribution in [3.8, 4) is 5.75 Å². The van der Waals surface area contributed by atoms with Gasteiger partial charge in [0.05, 0.1) is 34.8 Å². The van der Waals surface area contributed by atoms with E-state index < -0.39 is 15.8 Å². The van der Waals surface area contributed by atoms with E-state index in [1.54, 1.807) is 19.2 Å². The van der Waals surface area contributed by atoms with Gasteiger partial charge >= 0.3 is 0 Å². The first-order chi connectivity index (χ1) is 14.8. The third kappa shape index (κ3) is 5.78. The second-order valence-corrected chi connectivity index (χ2v) is 8.61. The zero-order valence-electron chi connectivity index (χ0n) is 16.4. The van der Waals surface area contributed by atoms with Crippen LogP contribution < -0.4 is 14.8 Å². The van der Waals surface area contributed by atoms with Gasteiger partial charge < -0.3 is 10.1 Å². The molecule has 3 rings (SSSR count). The predicted octanol–water partition coefficient (Wildman–Crippen LogP) is 3.29. The Bertz CT molecular complexity index is 1190. The molecule has 31 heavy (non-hydrogen) atoms. The Morgan fingerprint density at radius 2 is 1.90 bits per heavy atom. The van der Waals surface area contributed by atoms with E-state index in [0.29, 0.717) is 17.0 Å². The van der Waals surface area contributed by atoms with Gasteiger partial charge in [-0.25, -0.2) is 17.5 Å². The number of nitrogens with one attached hydrogen (secondary N) is 2. The number of pyridine rings is 1. The molecule has 0 fully saturated rings. The van der Waals surface area contributed by atoms with E-state index >= 15 is 0 Å². The second-order valence-electron chi connectivity index (χ2n) is 6.43. The highest BCUT2D eigenvalue weighted by molar-refractivity contribution is 7.89. The molecule has 0 spiro atoms. The van der Waals surface area contributed by atoms with Crippen LogP contribution >= 0.6 is 11.6 Å². The van der Waals surface area contributed by atoms with E-state index in [1.165, 1.54) is 12.3 Å². The lowest BCUT2D eigenvalue weighted by Crippen LogP contribution is -2.25. The Labute approximate surface area is 184 Å². The molecule has 1 aromatic heterocycles. The van der Waals surface area contributed by atoms with Gasteiger partial charge in [0, 0.05) is 18.3 Å². The molecule has 0 aliphatic rings. The lowest BCUT2D eigenvalue weighted by Gasteiger charge is -2.10. The molecule has 0 atom stereocenters. The number of carbonyl (C=O) groups excluding carboxylic acids is 1. The van der Waals surface area contributed by atoms with Gasteiger partial charge in [0.15, 0.2) is 0 Å². The lowest BCUT2D eigenvalue weighted by molar-refractivity contribution is 0.0950. The first-order valence-electron chi connectivity index (χ1n) is 9.10. The standard InChI is InChI=1S/C21H19ClFN3O4S/c1-30-20-5-3-2-4-14(20)11-25-21(27)15-6-7-16(24-12-15)13-26-31(28,29)17-8-9-19(23)18(22)10-17/h2-10,12,26H,11,13H2,1H3,(H,25,27). The minimum Gasteiger partial charge on any atom is -0.496 e. The molecule has 162 valence electrons. The van der Waals surface area contributed by atoms with Crippen LogP contribution in [0, 0.1) is 5.82 Å².